The van der Waals surface area contributed by atoms with E-state index in [0.29, 0.717) is 0 Å². The summed E-state index contributed by atoms with van der Waals surface area (Å²) in [6.45, 7) is 10.2. The van der Waals surface area contributed by atoms with Crippen molar-refractivity contribution in [3.8, 4) is 0 Å². The van der Waals surface area contributed by atoms with Crippen molar-refractivity contribution < 1.29 is 0 Å². The fourth-order valence-corrected chi connectivity index (χ4v) is 2.19. The number of nitrogens with zero attached hydrogens (tertiary/aromatic N) is 1. The molecule has 0 radical (unpaired) electrons. The summed E-state index contributed by atoms with van der Waals surface area (Å²) in [5.74, 6) is 0. The second kappa shape index (κ2) is 9.62. The molecule has 116 valence electrons. The van der Waals surface area contributed by atoms with Crippen molar-refractivity contribution in [2.24, 2.45) is 0 Å². The van der Waals surface area contributed by atoms with Gasteiger partial charge >= 0.3 is 0 Å². The quantitative estimate of drug-likeness (QED) is 0.571. The lowest BCUT2D eigenvalue weighted by Crippen LogP contribution is -2.14. The minimum Gasteiger partial charge on any atom is -0.311 e. The Balaban J connectivity index is 0.00000116. The highest BCUT2D eigenvalue weighted by Crippen LogP contribution is 2.30. The van der Waals surface area contributed by atoms with E-state index in [-0.39, 0.29) is 0 Å². The normalized spacial score (nSPS) is 11.0. The van der Waals surface area contributed by atoms with E-state index in [1.54, 1.807) is 0 Å². The fraction of sp³-hybridized carbons (Fsp3) is 0.238. The summed E-state index contributed by atoms with van der Waals surface area (Å²) in [6, 6.07) is 19.1. The van der Waals surface area contributed by atoms with Crippen LogP contribution >= 0.6 is 0 Å². The molecule has 0 amide bonds. The highest BCUT2D eigenvalue weighted by Gasteiger charge is 2.11. The number of hydrogen-bond donors (Lipinski definition) is 0. The third kappa shape index (κ3) is 4.63. The van der Waals surface area contributed by atoms with Crippen LogP contribution in [0.2, 0.25) is 0 Å². The maximum absolute atomic E-state index is 2.26. The first-order valence-corrected chi connectivity index (χ1v) is 7.97. The Morgan fingerprint density at radius 1 is 0.818 bits per heavy atom. The molecule has 2 rings (SSSR count). The van der Waals surface area contributed by atoms with Gasteiger partial charge in [0, 0.05) is 17.1 Å². The van der Waals surface area contributed by atoms with Crippen LogP contribution in [0, 0.1) is 6.92 Å². The molecule has 0 atom stereocenters. The van der Waals surface area contributed by atoms with Crippen LogP contribution in [-0.4, -0.2) is 0 Å². The van der Waals surface area contributed by atoms with Crippen molar-refractivity contribution in [1.82, 2.24) is 0 Å². The van der Waals surface area contributed by atoms with Crippen LogP contribution in [0.5, 0.6) is 0 Å². The van der Waals surface area contributed by atoms with Gasteiger partial charge in [0.1, 0.15) is 0 Å². The zero-order valence-electron chi connectivity index (χ0n) is 14.4. The van der Waals surface area contributed by atoms with Gasteiger partial charge in [0.15, 0.2) is 0 Å². The van der Waals surface area contributed by atoms with E-state index in [1.807, 2.05) is 26.8 Å². The molecule has 0 spiro atoms. The number of anilines is 2. The van der Waals surface area contributed by atoms with Crippen LogP contribution in [-0.2, 0) is 0 Å². The molecule has 0 N–H and O–H groups in total. The van der Waals surface area contributed by atoms with Gasteiger partial charge in [-0.05, 0) is 51.1 Å². The van der Waals surface area contributed by atoms with Crippen LogP contribution in [0.15, 0.2) is 78.5 Å². The summed E-state index contributed by atoms with van der Waals surface area (Å²) in [7, 11) is 0. The summed E-state index contributed by atoms with van der Waals surface area (Å²) >= 11 is 0. The van der Waals surface area contributed by atoms with E-state index in [0.717, 1.165) is 0 Å². The molecule has 0 fully saturated rings. The lowest BCUT2D eigenvalue weighted by atomic mass is 10.1. The second-order valence-corrected chi connectivity index (χ2v) is 4.72. The SMILES string of the molecule is C/C=C\C(=C/C)N(c1ccccc1)c1ccc(C)cc1.CC. The molecule has 0 unspecified atom stereocenters. The monoisotopic (exact) mass is 293 g/mol. The van der Waals surface area contributed by atoms with Crippen molar-refractivity contribution in [3.05, 3.63) is 84.1 Å². The van der Waals surface area contributed by atoms with Crippen molar-refractivity contribution in [2.75, 3.05) is 4.90 Å². The van der Waals surface area contributed by atoms with Crippen LogP contribution < -0.4 is 4.90 Å². The van der Waals surface area contributed by atoms with Crippen molar-refractivity contribution in [1.29, 1.82) is 0 Å². The molecule has 0 aromatic heterocycles. The van der Waals surface area contributed by atoms with Crippen LogP contribution in [0.4, 0.5) is 11.4 Å². The molecule has 2 aromatic carbocycles. The molecule has 0 aliphatic rings. The van der Waals surface area contributed by atoms with Gasteiger partial charge < -0.3 is 4.90 Å². The Morgan fingerprint density at radius 2 is 1.36 bits per heavy atom. The van der Waals surface area contributed by atoms with E-state index in [1.165, 1.54) is 22.6 Å². The zero-order valence-corrected chi connectivity index (χ0v) is 14.4. The molecule has 1 nitrogen and oxygen atoms in total. The maximum atomic E-state index is 2.26. The third-order valence-corrected chi connectivity index (χ3v) is 3.20. The smallest absolute Gasteiger partial charge is 0.0461 e. The third-order valence-electron chi connectivity index (χ3n) is 3.20. The summed E-state index contributed by atoms with van der Waals surface area (Å²) < 4.78 is 0. The topological polar surface area (TPSA) is 3.24 Å². The summed E-state index contributed by atoms with van der Waals surface area (Å²) in [5, 5.41) is 0. The minimum atomic E-state index is 1.17. The van der Waals surface area contributed by atoms with Crippen LogP contribution in [0.1, 0.15) is 33.3 Å². The maximum Gasteiger partial charge on any atom is 0.0461 e. The van der Waals surface area contributed by atoms with Gasteiger partial charge in [-0.15, -0.1) is 0 Å². The first-order chi connectivity index (χ1) is 10.8. The van der Waals surface area contributed by atoms with Gasteiger partial charge in [0.05, 0.1) is 0 Å². The van der Waals surface area contributed by atoms with Crippen molar-refractivity contribution in [3.63, 3.8) is 0 Å². The predicted octanol–water partition coefficient (Wildman–Crippen LogP) is 6.64. The zero-order chi connectivity index (χ0) is 16.4. The molecule has 0 aliphatic carbocycles. The number of aryl methyl sites for hydroxylation is 1. The highest BCUT2D eigenvalue weighted by molar-refractivity contribution is 5.70. The highest BCUT2D eigenvalue weighted by atomic mass is 15.1. The molecular weight excluding hydrogens is 266 g/mol. The lowest BCUT2D eigenvalue weighted by molar-refractivity contribution is 1.19. The Hall–Kier alpha value is -2.28. The Morgan fingerprint density at radius 3 is 1.86 bits per heavy atom. The summed E-state index contributed by atoms with van der Waals surface area (Å²) in [5.41, 5.74) is 4.79. The molecular formula is C21H27N. The van der Waals surface area contributed by atoms with E-state index >= 15 is 0 Å². The van der Waals surface area contributed by atoms with E-state index < -0.39 is 0 Å². The van der Waals surface area contributed by atoms with Crippen molar-refractivity contribution >= 4 is 11.4 Å². The van der Waals surface area contributed by atoms with Gasteiger partial charge in [-0.25, -0.2) is 0 Å². The Bertz CT molecular complexity index is 592. The van der Waals surface area contributed by atoms with Gasteiger partial charge in [0.25, 0.3) is 0 Å². The number of para-hydroxylation sites is 1. The van der Waals surface area contributed by atoms with E-state index in [4.69, 9.17) is 0 Å². The molecule has 2 aromatic rings. The molecule has 0 bridgehead atoms. The molecule has 22 heavy (non-hydrogen) atoms. The number of rotatable bonds is 4. The first kappa shape index (κ1) is 17.8. The van der Waals surface area contributed by atoms with Gasteiger partial charge in [-0.2, -0.15) is 0 Å². The molecule has 0 heterocycles. The molecule has 0 saturated carbocycles. The van der Waals surface area contributed by atoms with Crippen LogP contribution in [0.25, 0.3) is 0 Å². The summed E-state index contributed by atoms with van der Waals surface area (Å²) in [6.07, 6.45) is 6.33. The van der Waals surface area contributed by atoms with Crippen molar-refractivity contribution in [2.45, 2.75) is 34.6 Å². The van der Waals surface area contributed by atoms with Gasteiger partial charge in [-0.1, -0.05) is 61.9 Å². The minimum absolute atomic E-state index is 1.17. The van der Waals surface area contributed by atoms with E-state index in [2.05, 4.69) is 85.5 Å². The van der Waals surface area contributed by atoms with E-state index in [9.17, 15) is 0 Å². The first-order valence-electron chi connectivity index (χ1n) is 7.97. The molecule has 1 heteroatoms. The van der Waals surface area contributed by atoms with Crippen LogP contribution in [0.3, 0.4) is 0 Å². The standard InChI is InChI=1S/C19H21N.C2H6/c1-4-9-17(5-2)20(18-10-7-6-8-11-18)19-14-12-16(3)13-15-19;1-2/h4-15H,1-3H3;1-2H3/b9-4-,17-5+;. The Kier molecular flexibility index (Phi) is 7.77. The summed E-state index contributed by atoms with van der Waals surface area (Å²) in [4.78, 5) is 2.26. The predicted molar refractivity (Wildman–Crippen MR) is 99.7 cm³/mol. The van der Waals surface area contributed by atoms with Gasteiger partial charge in [-0.3, -0.25) is 0 Å². The van der Waals surface area contributed by atoms with Gasteiger partial charge in [0.2, 0.25) is 0 Å². The Labute approximate surface area is 135 Å². The number of allylic oxidation sites excluding steroid dienone is 3. The molecule has 0 saturated heterocycles. The molecule has 0 aliphatic heterocycles. The second-order valence-electron chi connectivity index (χ2n) is 4.72. The largest absolute Gasteiger partial charge is 0.311 e. The number of benzene rings is 2. The number of hydrogen-bond acceptors (Lipinski definition) is 1. The lowest BCUT2D eigenvalue weighted by Gasteiger charge is -2.26. The average molecular weight is 293 g/mol. The fourth-order valence-electron chi connectivity index (χ4n) is 2.19. The average Bonchev–Trinajstić information content (AvgIpc) is 2.59.